The Labute approximate surface area is 182 Å². The summed E-state index contributed by atoms with van der Waals surface area (Å²) in [5.74, 6) is 0.121. The van der Waals surface area contributed by atoms with E-state index in [1.165, 1.54) is 21.9 Å². The summed E-state index contributed by atoms with van der Waals surface area (Å²) >= 11 is 1.18. The zero-order chi connectivity index (χ0) is 22.0. The molecule has 0 atom stereocenters. The second-order valence-corrected chi connectivity index (χ2v) is 8.35. The molecular formula is C21H23N5O4S. The van der Waals surface area contributed by atoms with Gasteiger partial charge in [0.05, 0.1) is 18.6 Å². The molecule has 31 heavy (non-hydrogen) atoms. The topological polar surface area (TPSA) is 120 Å². The number of fused-ring (bicyclic) bond motifs is 1. The molecule has 2 aromatic rings. The number of hydrogen-bond acceptors (Lipinski definition) is 8. The molecular weight excluding hydrogens is 418 g/mol. The second-order valence-electron chi connectivity index (χ2n) is 7.31. The molecule has 0 spiro atoms. The standard InChI is InChI=1S/C21H23N5O4S/c1-2-30-16-11-13(6-7-15(16)27)10-14-19(22)26-21(23-20(14)29)31-17(24-26)12-18(28)25-8-4-3-5-9-25/h6-7,10-11H,2-5,8-9,12,22H2,1H3/b13-10+. The predicted octanol–water partition coefficient (Wildman–Crippen LogP) is 1.73. The summed E-state index contributed by atoms with van der Waals surface area (Å²) in [5.41, 5.74) is 6.48. The zero-order valence-electron chi connectivity index (χ0n) is 17.2. The molecule has 1 aliphatic heterocycles. The fourth-order valence-corrected chi connectivity index (χ4v) is 4.45. The van der Waals surface area contributed by atoms with Crippen molar-refractivity contribution in [2.45, 2.75) is 32.6 Å². The highest BCUT2D eigenvalue weighted by molar-refractivity contribution is 7.16. The van der Waals surface area contributed by atoms with Crippen LogP contribution < -0.4 is 11.3 Å². The molecule has 3 heterocycles. The third kappa shape index (κ3) is 4.43. The molecule has 2 aliphatic rings. The smallest absolute Gasteiger partial charge is 0.283 e. The Morgan fingerprint density at radius 2 is 2.03 bits per heavy atom. The number of nitrogens with zero attached hydrogens (tertiary/aromatic N) is 4. The molecule has 0 aromatic carbocycles. The average Bonchev–Trinajstić information content (AvgIpc) is 3.16. The van der Waals surface area contributed by atoms with E-state index in [0.29, 0.717) is 22.1 Å². The molecule has 1 amide bonds. The van der Waals surface area contributed by atoms with Gasteiger partial charge in [0.2, 0.25) is 16.7 Å². The molecule has 2 N–H and O–H groups in total. The van der Waals surface area contributed by atoms with E-state index in [1.54, 1.807) is 25.2 Å². The number of anilines is 1. The molecule has 0 radical (unpaired) electrons. The minimum atomic E-state index is -0.501. The van der Waals surface area contributed by atoms with Crippen molar-refractivity contribution in [1.29, 1.82) is 0 Å². The lowest BCUT2D eigenvalue weighted by molar-refractivity contribution is -0.131. The molecule has 1 aliphatic carbocycles. The van der Waals surface area contributed by atoms with Gasteiger partial charge in [-0.3, -0.25) is 14.4 Å². The Hall–Kier alpha value is -3.27. The van der Waals surface area contributed by atoms with Crippen molar-refractivity contribution in [2.75, 3.05) is 25.4 Å². The number of ketones is 1. The predicted molar refractivity (Wildman–Crippen MR) is 118 cm³/mol. The van der Waals surface area contributed by atoms with Gasteiger partial charge in [-0.2, -0.15) is 14.6 Å². The van der Waals surface area contributed by atoms with Crippen LogP contribution in [0, 0.1) is 0 Å². The summed E-state index contributed by atoms with van der Waals surface area (Å²) in [6.45, 7) is 3.68. The highest BCUT2D eigenvalue weighted by atomic mass is 32.1. The number of carbonyl (C=O) groups excluding carboxylic acids is 2. The minimum Gasteiger partial charge on any atom is -0.490 e. The van der Waals surface area contributed by atoms with Crippen LogP contribution in [0.1, 0.15) is 36.8 Å². The van der Waals surface area contributed by atoms with Gasteiger partial charge in [-0.1, -0.05) is 17.4 Å². The Morgan fingerprint density at radius 3 is 2.77 bits per heavy atom. The lowest BCUT2D eigenvalue weighted by atomic mass is 10.0. The van der Waals surface area contributed by atoms with Gasteiger partial charge in [0.1, 0.15) is 10.8 Å². The van der Waals surface area contributed by atoms with Gasteiger partial charge in [0.25, 0.3) is 5.56 Å². The maximum Gasteiger partial charge on any atom is 0.283 e. The monoisotopic (exact) mass is 441 g/mol. The molecule has 1 fully saturated rings. The van der Waals surface area contributed by atoms with E-state index < -0.39 is 5.56 Å². The number of piperidine rings is 1. The number of carbonyl (C=O) groups is 2. The van der Waals surface area contributed by atoms with E-state index >= 15 is 0 Å². The van der Waals surface area contributed by atoms with E-state index in [9.17, 15) is 14.4 Å². The lowest BCUT2D eigenvalue weighted by Crippen LogP contribution is -2.36. The van der Waals surface area contributed by atoms with Gasteiger partial charge in [-0.15, -0.1) is 0 Å². The van der Waals surface area contributed by atoms with E-state index in [2.05, 4.69) is 10.1 Å². The van der Waals surface area contributed by atoms with Crippen LogP contribution in [-0.2, 0) is 20.7 Å². The number of nitrogen functional groups attached to an aromatic ring is 1. The van der Waals surface area contributed by atoms with Gasteiger partial charge < -0.3 is 15.4 Å². The number of allylic oxidation sites excluding steroid dienone is 4. The van der Waals surface area contributed by atoms with Gasteiger partial charge in [-0.25, -0.2) is 0 Å². The minimum absolute atomic E-state index is 0.0215. The molecule has 0 saturated carbocycles. The van der Waals surface area contributed by atoms with Crippen LogP contribution in [0.25, 0.3) is 11.0 Å². The highest BCUT2D eigenvalue weighted by Crippen LogP contribution is 2.22. The second kappa shape index (κ2) is 8.84. The maximum atomic E-state index is 12.6. The van der Waals surface area contributed by atoms with Crippen LogP contribution in [0.15, 0.2) is 34.4 Å². The van der Waals surface area contributed by atoms with E-state index in [1.807, 2.05) is 4.90 Å². The number of aromatic nitrogens is 3. The molecule has 0 bridgehead atoms. The third-order valence-electron chi connectivity index (χ3n) is 5.12. The van der Waals surface area contributed by atoms with Crippen molar-refractivity contribution < 1.29 is 14.3 Å². The highest BCUT2D eigenvalue weighted by Gasteiger charge is 2.20. The summed E-state index contributed by atoms with van der Waals surface area (Å²) in [5, 5.41) is 4.97. The van der Waals surface area contributed by atoms with Crippen molar-refractivity contribution in [2.24, 2.45) is 0 Å². The van der Waals surface area contributed by atoms with Gasteiger partial charge in [-0.05, 0) is 50.0 Å². The molecule has 162 valence electrons. The fraction of sp³-hybridized carbons (Fsp3) is 0.381. The molecule has 4 rings (SSSR count). The van der Waals surface area contributed by atoms with Crippen LogP contribution in [0.3, 0.4) is 0 Å². The van der Waals surface area contributed by atoms with Gasteiger partial charge in [0.15, 0.2) is 5.76 Å². The first kappa shape index (κ1) is 21.0. The van der Waals surface area contributed by atoms with Crippen molar-refractivity contribution in [3.8, 4) is 0 Å². The van der Waals surface area contributed by atoms with E-state index in [0.717, 1.165) is 32.4 Å². The Morgan fingerprint density at radius 1 is 1.26 bits per heavy atom. The lowest BCUT2D eigenvalue weighted by Gasteiger charge is -2.26. The quantitative estimate of drug-likeness (QED) is 0.750. The summed E-state index contributed by atoms with van der Waals surface area (Å²) in [6, 6.07) is 0. The van der Waals surface area contributed by atoms with Crippen molar-refractivity contribution in [3.05, 3.63) is 50.5 Å². The van der Waals surface area contributed by atoms with E-state index in [4.69, 9.17) is 10.5 Å². The summed E-state index contributed by atoms with van der Waals surface area (Å²) in [6.07, 6.45) is 9.42. The summed E-state index contributed by atoms with van der Waals surface area (Å²) in [4.78, 5) is 43.3. The van der Waals surface area contributed by atoms with Gasteiger partial charge >= 0.3 is 0 Å². The number of amides is 1. The maximum absolute atomic E-state index is 12.6. The summed E-state index contributed by atoms with van der Waals surface area (Å²) < 4.78 is 6.72. The Balaban J connectivity index is 1.64. The summed E-state index contributed by atoms with van der Waals surface area (Å²) in [7, 11) is 0. The van der Waals surface area contributed by atoms with Crippen molar-refractivity contribution >= 4 is 39.9 Å². The third-order valence-corrected chi connectivity index (χ3v) is 6.03. The number of hydrogen-bond donors (Lipinski definition) is 1. The van der Waals surface area contributed by atoms with Crippen LogP contribution in [-0.4, -0.2) is 50.9 Å². The van der Waals surface area contributed by atoms with E-state index in [-0.39, 0.29) is 35.3 Å². The molecule has 2 aromatic heterocycles. The first-order chi connectivity index (χ1) is 15.0. The van der Waals surface area contributed by atoms with Gasteiger partial charge in [0, 0.05) is 13.1 Å². The van der Waals surface area contributed by atoms with Crippen molar-refractivity contribution in [3.63, 3.8) is 0 Å². The van der Waals surface area contributed by atoms with Crippen LogP contribution in [0.4, 0.5) is 5.82 Å². The molecule has 0 unspecified atom stereocenters. The number of likely N-dealkylation sites (tertiary alicyclic amines) is 1. The first-order valence-electron chi connectivity index (χ1n) is 10.2. The Kier molecular flexibility index (Phi) is 5.99. The molecule has 1 saturated heterocycles. The van der Waals surface area contributed by atoms with Crippen LogP contribution in [0.5, 0.6) is 0 Å². The number of rotatable bonds is 5. The van der Waals surface area contributed by atoms with Crippen molar-refractivity contribution in [1.82, 2.24) is 19.5 Å². The number of nitrogens with two attached hydrogens (primary N) is 1. The largest absolute Gasteiger partial charge is 0.490 e. The van der Waals surface area contributed by atoms with Crippen LogP contribution in [0.2, 0.25) is 0 Å². The fourth-order valence-electron chi connectivity index (χ4n) is 3.56. The molecule has 10 heteroatoms. The van der Waals surface area contributed by atoms with Crippen LogP contribution >= 0.6 is 11.3 Å². The zero-order valence-corrected chi connectivity index (χ0v) is 18.0. The Bertz CT molecular complexity index is 1180. The number of ether oxygens (including phenoxy) is 1. The molecule has 9 nitrogen and oxygen atoms in total. The first-order valence-corrected chi connectivity index (χ1v) is 11.0. The normalized spacial score (nSPS) is 18.0. The average molecular weight is 442 g/mol. The SMILES string of the molecule is CCOC1=C/C(=C/c2c(N)n3nc(CC(=O)N4CCCCC4)sc3nc2=O)C=CC1=O.